The summed E-state index contributed by atoms with van der Waals surface area (Å²) in [6, 6.07) is 8.86. The van der Waals surface area contributed by atoms with Gasteiger partial charge in [-0.25, -0.2) is 9.18 Å². The van der Waals surface area contributed by atoms with Crippen LogP contribution in [0.15, 0.2) is 36.4 Å². The van der Waals surface area contributed by atoms with Gasteiger partial charge in [0, 0.05) is 42.3 Å². The van der Waals surface area contributed by atoms with E-state index in [0.29, 0.717) is 29.7 Å². The second kappa shape index (κ2) is 13.0. The molecule has 0 bridgehead atoms. The van der Waals surface area contributed by atoms with Gasteiger partial charge in [0.25, 0.3) is 5.91 Å². The van der Waals surface area contributed by atoms with E-state index in [1.54, 1.807) is 43.0 Å². The summed E-state index contributed by atoms with van der Waals surface area (Å²) >= 11 is 5.80. The lowest BCUT2D eigenvalue weighted by atomic mass is 10.1. The highest BCUT2D eigenvalue weighted by Gasteiger charge is 2.24. The molecule has 41 heavy (non-hydrogen) atoms. The average molecular weight is 586 g/mol. The first-order chi connectivity index (χ1) is 19.5. The Morgan fingerprint density at radius 2 is 1.85 bits per heavy atom. The van der Waals surface area contributed by atoms with E-state index in [2.05, 4.69) is 15.7 Å². The van der Waals surface area contributed by atoms with Gasteiger partial charge in [-0.1, -0.05) is 23.7 Å². The Bertz CT molecular complexity index is 1470. The monoisotopic (exact) mass is 585 g/mol. The lowest BCUT2D eigenvalue weighted by Crippen LogP contribution is -2.45. The number of aromatic nitrogens is 2. The molecular weight excluding hydrogens is 553 g/mol. The summed E-state index contributed by atoms with van der Waals surface area (Å²) in [5.41, 5.74) is 6.69. The number of primary amides is 1. The van der Waals surface area contributed by atoms with Crippen LogP contribution in [0.2, 0.25) is 5.02 Å². The predicted octanol–water partition coefficient (Wildman–Crippen LogP) is 3.50. The van der Waals surface area contributed by atoms with Crippen LogP contribution < -0.4 is 16.4 Å². The normalized spacial score (nSPS) is 13.3. The maximum Gasteiger partial charge on any atom is 0.321 e. The Labute approximate surface area is 241 Å². The van der Waals surface area contributed by atoms with Gasteiger partial charge < -0.3 is 26.2 Å². The van der Waals surface area contributed by atoms with E-state index in [9.17, 15) is 23.6 Å². The van der Waals surface area contributed by atoms with E-state index >= 15 is 0 Å². The zero-order chi connectivity index (χ0) is 29.7. The fourth-order valence-corrected chi connectivity index (χ4v) is 4.92. The van der Waals surface area contributed by atoms with E-state index in [1.165, 1.54) is 21.7 Å². The number of fused-ring (bicyclic) bond motifs is 1. The van der Waals surface area contributed by atoms with Crippen LogP contribution in [0.5, 0.6) is 0 Å². The molecule has 13 heteroatoms. The second-order valence-corrected chi connectivity index (χ2v) is 10.6. The number of nitrogens with one attached hydrogen (secondary N) is 2. The number of urea groups is 1. The fourth-order valence-electron chi connectivity index (χ4n) is 4.73. The number of piperidine rings is 1. The molecular formula is C28H33ClFN7O4. The average Bonchev–Trinajstić information content (AvgIpc) is 3.30. The van der Waals surface area contributed by atoms with Gasteiger partial charge in [0.2, 0.25) is 11.8 Å². The number of likely N-dealkylation sites (tertiary alicyclic amines) is 1. The Morgan fingerprint density at radius 3 is 2.54 bits per heavy atom. The van der Waals surface area contributed by atoms with Crippen molar-refractivity contribution in [3.8, 4) is 0 Å². The Hall–Kier alpha value is -4.19. The van der Waals surface area contributed by atoms with Gasteiger partial charge in [0.1, 0.15) is 12.4 Å². The standard InChI is InChI=1S/C28H33ClFN7O4/c1-17(2)36(15-23(38)32-14-18-7-6-8-21(29)25(18)30)24(39)16-37-22-10-9-19(13-20(22)26(34-37)27(31)40)33-28(41)35-11-4-3-5-12-35/h6-10,13,17H,3-5,11-12,14-16H2,1-2H3,(H2,31,40)(H,32,38)(H,33,41). The van der Waals surface area contributed by atoms with E-state index < -0.39 is 23.5 Å². The van der Waals surface area contributed by atoms with Crippen LogP contribution in [0, 0.1) is 5.82 Å². The van der Waals surface area contributed by atoms with Crippen LogP contribution in [-0.2, 0) is 22.7 Å². The molecule has 2 heterocycles. The van der Waals surface area contributed by atoms with E-state index in [0.717, 1.165) is 19.3 Å². The molecule has 2 aromatic carbocycles. The molecule has 1 aliphatic rings. The van der Waals surface area contributed by atoms with Gasteiger partial charge >= 0.3 is 6.03 Å². The third-order valence-electron chi connectivity index (χ3n) is 6.93. The first-order valence-electron chi connectivity index (χ1n) is 13.4. The lowest BCUT2D eigenvalue weighted by Gasteiger charge is -2.27. The predicted molar refractivity (Wildman–Crippen MR) is 153 cm³/mol. The molecule has 4 N–H and O–H groups in total. The van der Waals surface area contributed by atoms with Gasteiger partial charge in [-0.05, 0) is 57.4 Å². The number of halogens is 2. The smallest absolute Gasteiger partial charge is 0.321 e. The maximum atomic E-state index is 14.2. The summed E-state index contributed by atoms with van der Waals surface area (Å²) in [7, 11) is 0. The van der Waals surface area contributed by atoms with Crippen molar-refractivity contribution in [1.82, 2.24) is 24.9 Å². The molecule has 0 saturated carbocycles. The minimum atomic E-state index is -0.783. The maximum absolute atomic E-state index is 14.2. The molecule has 0 spiro atoms. The molecule has 0 radical (unpaired) electrons. The van der Waals surface area contributed by atoms with Gasteiger partial charge in [-0.15, -0.1) is 0 Å². The van der Waals surface area contributed by atoms with Crippen molar-refractivity contribution in [2.75, 3.05) is 25.0 Å². The molecule has 218 valence electrons. The van der Waals surface area contributed by atoms with Crippen LogP contribution in [0.4, 0.5) is 14.9 Å². The molecule has 1 aromatic heterocycles. The molecule has 0 aliphatic carbocycles. The van der Waals surface area contributed by atoms with E-state index in [4.69, 9.17) is 17.3 Å². The number of carbonyl (C=O) groups excluding carboxylic acids is 4. The van der Waals surface area contributed by atoms with Crippen LogP contribution in [-0.4, -0.2) is 69.0 Å². The zero-order valence-electron chi connectivity index (χ0n) is 23.0. The Balaban J connectivity index is 1.47. The molecule has 1 fully saturated rings. The second-order valence-electron chi connectivity index (χ2n) is 10.2. The number of hydrogen-bond acceptors (Lipinski definition) is 5. The van der Waals surface area contributed by atoms with Crippen LogP contribution >= 0.6 is 11.6 Å². The summed E-state index contributed by atoms with van der Waals surface area (Å²) in [5.74, 6) is -2.30. The van der Waals surface area contributed by atoms with E-state index in [-0.39, 0.29) is 48.0 Å². The summed E-state index contributed by atoms with van der Waals surface area (Å²) in [5, 5.41) is 10.1. The number of hydrogen-bond donors (Lipinski definition) is 3. The first-order valence-corrected chi connectivity index (χ1v) is 13.8. The molecule has 3 aromatic rings. The number of rotatable bonds is 9. The summed E-state index contributed by atoms with van der Waals surface area (Å²) in [6.07, 6.45) is 3.00. The number of anilines is 1. The van der Waals surface area contributed by atoms with E-state index in [1.807, 2.05) is 0 Å². The van der Waals surface area contributed by atoms with Crippen LogP contribution in [0.25, 0.3) is 10.9 Å². The topological polar surface area (TPSA) is 143 Å². The highest BCUT2D eigenvalue weighted by atomic mass is 35.5. The van der Waals surface area contributed by atoms with Crippen molar-refractivity contribution in [2.45, 2.75) is 52.2 Å². The van der Waals surface area contributed by atoms with Crippen LogP contribution in [0.1, 0.15) is 49.2 Å². The molecule has 1 saturated heterocycles. The van der Waals surface area contributed by atoms with Gasteiger partial charge in [0.05, 0.1) is 17.1 Å². The molecule has 1 aliphatic heterocycles. The zero-order valence-corrected chi connectivity index (χ0v) is 23.7. The Kier molecular flexibility index (Phi) is 9.43. The number of benzene rings is 2. The Morgan fingerprint density at radius 1 is 1.12 bits per heavy atom. The van der Waals surface area contributed by atoms with Crippen molar-refractivity contribution in [2.24, 2.45) is 5.73 Å². The summed E-state index contributed by atoms with van der Waals surface area (Å²) in [6.45, 7) is 4.26. The largest absolute Gasteiger partial charge is 0.364 e. The van der Waals surface area contributed by atoms with Crippen molar-refractivity contribution >= 4 is 51.9 Å². The van der Waals surface area contributed by atoms with Crippen LogP contribution in [0.3, 0.4) is 0 Å². The van der Waals surface area contributed by atoms with Crippen molar-refractivity contribution in [1.29, 1.82) is 0 Å². The molecule has 11 nitrogen and oxygen atoms in total. The third kappa shape index (κ3) is 7.12. The number of nitrogens with zero attached hydrogens (tertiary/aromatic N) is 4. The third-order valence-corrected chi connectivity index (χ3v) is 7.22. The highest BCUT2D eigenvalue weighted by Crippen LogP contribution is 2.24. The minimum Gasteiger partial charge on any atom is -0.364 e. The van der Waals surface area contributed by atoms with Crippen molar-refractivity contribution < 1.29 is 23.6 Å². The number of carbonyl (C=O) groups is 4. The number of nitrogens with two attached hydrogens (primary N) is 1. The molecule has 0 unspecified atom stereocenters. The SMILES string of the molecule is CC(C)N(CC(=O)NCc1cccc(Cl)c1F)C(=O)Cn1nc(C(N)=O)c2cc(NC(=O)N3CCCCC3)ccc21. The molecule has 4 rings (SSSR count). The van der Waals surface area contributed by atoms with Gasteiger partial charge in [-0.3, -0.25) is 19.1 Å². The van der Waals surface area contributed by atoms with Crippen molar-refractivity contribution in [3.63, 3.8) is 0 Å². The molecule has 0 atom stereocenters. The van der Waals surface area contributed by atoms with Crippen molar-refractivity contribution in [3.05, 3.63) is 58.5 Å². The quantitative estimate of drug-likeness (QED) is 0.352. The fraction of sp³-hybridized carbons (Fsp3) is 0.393. The van der Waals surface area contributed by atoms with Gasteiger partial charge in [0.15, 0.2) is 5.69 Å². The first kappa shape index (κ1) is 29.8. The highest BCUT2D eigenvalue weighted by molar-refractivity contribution is 6.30. The minimum absolute atomic E-state index is 0.0424. The molecule has 5 amide bonds. The van der Waals surface area contributed by atoms with Gasteiger partial charge in [-0.2, -0.15) is 5.10 Å². The number of amides is 5. The summed E-state index contributed by atoms with van der Waals surface area (Å²) in [4.78, 5) is 53.9. The lowest BCUT2D eigenvalue weighted by molar-refractivity contribution is -0.138. The summed E-state index contributed by atoms with van der Waals surface area (Å²) < 4.78 is 15.5.